The highest BCUT2D eigenvalue weighted by Crippen LogP contribution is 2.34. The number of carbonyl (C=O) groups excluding carboxylic acids is 1. The smallest absolute Gasteiger partial charge is 0.410 e. The summed E-state index contributed by atoms with van der Waals surface area (Å²) in [5.41, 5.74) is 0.552. The second-order valence-electron chi connectivity index (χ2n) is 7.90. The summed E-state index contributed by atoms with van der Waals surface area (Å²) >= 11 is 0. The fourth-order valence-corrected chi connectivity index (χ4v) is 2.73. The number of rotatable bonds is 1. The van der Waals surface area contributed by atoms with E-state index in [0.29, 0.717) is 24.6 Å². The minimum atomic E-state index is -0.487. The van der Waals surface area contributed by atoms with Gasteiger partial charge in [0, 0.05) is 18.5 Å². The molecular formula is C20H27NO4. The minimum absolute atomic E-state index is 0.129. The highest BCUT2D eigenvalue weighted by Gasteiger charge is 2.34. The van der Waals surface area contributed by atoms with Crippen molar-refractivity contribution in [3.8, 4) is 11.8 Å². The molecule has 136 valence electrons. The first-order valence-corrected chi connectivity index (χ1v) is 8.49. The number of hydrogen-bond donors (Lipinski definition) is 1. The highest BCUT2D eigenvalue weighted by atomic mass is 16.6. The van der Waals surface area contributed by atoms with Crippen LogP contribution in [-0.4, -0.2) is 34.8 Å². The van der Waals surface area contributed by atoms with Crippen LogP contribution in [0.1, 0.15) is 52.6 Å². The maximum atomic E-state index is 12.3. The molecule has 1 aliphatic heterocycles. The van der Waals surface area contributed by atoms with E-state index in [2.05, 4.69) is 25.7 Å². The first kappa shape index (κ1) is 19.1. The fourth-order valence-electron chi connectivity index (χ4n) is 2.73. The Morgan fingerprint density at radius 2 is 2.16 bits per heavy atom. The molecule has 1 amide bonds. The Labute approximate surface area is 149 Å². The SMILES string of the molecule is CC(C)(C)OC(=O)N1CC/C(=C\C#Cc2ccc(CO)o2)C(C)(C)C1. The Balaban J connectivity index is 2.04. The van der Waals surface area contributed by atoms with E-state index in [9.17, 15) is 4.79 Å². The van der Waals surface area contributed by atoms with Crippen molar-refractivity contribution in [3.05, 3.63) is 35.3 Å². The summed E-state index contributed by atoms with van der Waals surface area (Å²) in [5.74, 6) is 7.00. The molecule has 1 aliphatic rings. The minimum Gasteiger partial charge on any atom is -0.450 e. The van der Waals surface area contributed by atoms with Crippen LogP contribution in [0.15, 0.2) is 28.2 Å². The zero-order valence-electron chi connectivity index (χ0n) is 15.7. The van der Waals surface area contributed by atoms with E-state index >= 15 is 0 Å². The topological polar surface area (TPSA) is 62.9 Å². The van der Waals surface area contributed by atoms with Crippen molar-refractivity contribution in [1.82, 2.24) is 4.90 Å². The Morgan fingerprint density at radius 3 is 2.72 bits per heavy atom. The van der Waals surface area contributed by atoms with Crippen molar-refractivity contribution in [2.45, 2.75) is 53.2 Å². The van der Waals surface area contributed by atoms with Gasteiger partial charge in [-0.3, -0.25) is 0 Å². The van der Waals surface area contributed by atoms with Crippen molar-refractivity contribution in [2.75, 3.05) is 13.1 Å². The molecule has 1 saturated heterocycles. The Bertz CT molecular complexity index is 710. The van der Waals surface area contributed by atoms with Crippen molar-refractivity contribution in [3.63, 3.8) is 0 Å². The molecule has 0 aliphatic carbocycles. The highest BCUT2D eigenvalue weighted by molar-refractivity contribution is 5.68. The van der Waals surface area contributed by atoms with Gasteiger partial charge < -0.3 is 19.2 Å². The Kier molecular flexibility index (Phi) is 5.64. The Hall–Kier alpha value is -2.19. The van der Waals surface area contributed by atoms with Crippen LogP contribution in [0.3, 0.4) is 0 Å². The van der Waals surface area contributed by atoms with E-state index in [0.717, 1.165) is 6.42 Å². The van der Waals surface area contributed by atoms with Gasteiger partial charge in [0.05, 0.1) is 0 Å². The van der Waals surface area contributed by atoms with Crippen molar-refractivity contribution in [2.24, 2.45) is 5.41 Å². The lowest BCUT2D eigenvalue weighted by molar-refractivity contribution is 0.0157. The molecule has 5 heteroatoms. The van der Waals surface area contributed by atoms with Crippen LogP contribution in [0.25, 0.3) is 0 Å². The third-order valence-corrected chi connectivity index (χ3v) is 4.02. The van der Waals surface area contributed by atoms with E-state index in [-0.39, 0.29) is 18.1 Å². The zero-order valence-corrected chi connectivity index (χ0v) is 15.7. The summed E-state index contributed by atoms with van der Waals surface area (Å²) in [6.07, 6.45) is 2.41. The molecule has 1 aromatic heterocycles. The van der Waals surface area contributed by atoms with Gasteiger partial charge in [-0.05, 0) is 51.3 Å². The molecule has 25 heavy (non-hydrogen) atoms. The second kappa shape index (κ2) is 7.37. The lowest BCUT2D eigenvalue weighted by Crippen LogP contribution is -2.46. The monoisotopic (exact) mass is 345 g/mol. The van der Waals surface area contributed by atoms with Crippen LogP contribution in [-0.2, 0) is 11.3 Å². The summed E-state index contributed by atoms with van der Waals surface area (Å²) in [6.45, 7) is 10.9. The molecule has 2 rings (SSSR count). The number of aliphatic hydroxyl groups is 1. The van der Waals surface area contributed by atoms with Crippen LogP contribution in [0.2, 0.25) is 0 Å². The summed E-state index contributed by atoms with van der Waals surface area (Å²) < 4.78 is 10.8. The molecule has 0 atom stereocenters. The molecule has 0 spiro atoms. The number of hydrogen-bond acceptors (Lipinski definition) is 4. The lowest BCUT2D eigenvalue weighted by Gasteiger charge is -2.40. The van der Waals surface area contributed by atoms with Crippen LogP contribution in [0.4, 0.5) is 4.79 Å². The number of amides is 1. The van der Waals surface area contributed by atoms with Crippen LogP contribution in [0.5, 0.6) is 0 Å². The summed E-state index contributed by atoms with van der Waals surface area (Å²) in [4.78, 5) is 14.0. The third kappa shape index (κ3) is 5.40. The molecular weight excluding hydrogens is 318 g/mol. The zero-order chi connectivity index (χ0) is 18.7. The normalized spacial score (nSPS) is 18.6. The Morgan fingerprint density at radius 1 is 1.44 bits per heavy atom. The van der Waals surface area contributed by atoms with Gasteiger partial charge >= 0.3 is 6.09 Å². The average molecular weight is 345 g/mol. The van der Waals surface area contributed by atoms with Gasteiger partial charge in [0.15, 0.2) is 5.76 Å². The number of allylic oxidation sites excluding steroid dienone is 1. The number of aliphatic hydroxyl groups excluding tert-OH is 1. The molecule has 0 saturated carbocycles. The molecule has 1 N–H and O–H groups in total. The summed E-state index contributed by atoms with van der Waals surface area (Å²) in [5, 5.41) is 8.99. The molecule has 0 radical (unpaired) electrons. The number of furan rings is 1. The number of nitrogens with zero attached hydrogens (tertiary/aromatic N) is 1. The quantitative estimate of drug-likeness (QED) is 0.788. The number of carbonyl (C=O) groups is 1. The largest absolute Gasteiger partial charge is 0.450 e. The fraction of sp³-hybridized carbons (Fsp3) is 0.550. The molecule has 0 bridgehead atoms. The van der Waals surface area contributed by atoms with Gasteiger partial charge in [-0.1, -0.05) is 25.3 Å². The van der Waals surface area contributed by atoms with Gasteiger partial charge in [-0.2, -0.15) is 0 Å². The summed E-state index contributed by atoms with van der Waals surface area (Å²) in [6, 6.07) is 3.45. The van der Waals surface area contributed by atoms with Crippen molar-refractivity contribution >= 4 is 6.09 Å². The van der Waals surface area contributed by atoms with E-state index in [1.807, 2.05) is 26.8 Å². The van der Waals surface area contributed by atoms with E-state index in [1.165, 1.54) is 5.57 Å². The first-order chi connectivity index (χ1) is 11.6. The van der Waals surface area contributed by atoms with E-state index in [4.69, 9.17) is 14.3 Å². The maximum absolute atomic E-state index is 12.3. The molecule has 0 aromatic carbocycles. The van der Waals surface area contributed by atoms with Gasteiger partial charge in [0.1, 0.15) is 18.0 Å². The van der Waals surface area contributed by atoms with Crippen LogP contribution in [0, 0.1) is 17.3 Å². The van der Waals surface area contributed by atoms with Gasteiger partial charge in [0.25, 0.3) is 0 Å². The van der Waals surface area contributed by atoms with Gasteiger partial charge in [0.2, 0.25) is 0 Å². The number of likely N-dealkylation sites (tertiary alicyclic amines) is 1. The molecule has 5 nitrogen and oxygen atoms in total. The molecule has 2 heterocycles. The number of piperidine rings is 1. The van der Waals surface area contributed by atoms with E-state index in [1.54, 1.807) is 17.0 Å². The van der Waals surface area contributed by atoms with Gasteiger partial charge in [-0.25, -0.2) is 4.79 Å². The number of ether oxygens (including phenoxy) is 1. The van der Waals surface area contributed by atoms with Crippen LogP contribution < -0.4 is 0 Å². The predicted octanol–water partition coefficient (Wildman–Crippen LogP) is 3.72. The standard InChI is InChI=1S/C20H27NO4/c1-19(2,3)25-18(23)21-12-11-15(20(4,5)14-21)7-6-8-16-9-10-17(13-22)24-16/h7,9-10,22H,11-14H2,1-5H3/b15-7+. The third-order valence-electron chi connectivity index (χ3n) is 4.02. The summed E-state index contributed by atoms with van der Waals surface area (Å²) in [7, 11) is 0. The lowest BCUT2D eigenvalue weighted by atomic mass is 9.79. The predicted molar refractivity (Wildman–Crippen MR) is 95.8 cm³/mol. The molecule has 0 unspecified atom stereocenters. The van der Waals surface area contributed by atoms with Gasteiger partial charge in [-0.15, -0.1) is 0 Å². The van der Waals surface area contributed by atoms with Crippen molar-refractivity contribution in [1.29, 1.82) is 0 Å². The second-order valence-corrected chi connectivity index (χ2v) is 7.90. The first-order valence-electron chi connectivity index (χ1n) is 8.49. The maximum Gasteiger partial charge on any atom is 0.410 e. The molecule has 1 fully saturated rings. The van der Waals surface area contributed by atoms with Crippen molar-refractivity contribution < 1.29 is 19.1 Å². The molecule has 1 aromatic rings. The van der Waals surface area contributed by atoms with Crippen LogP contribution >= 0.6 is 0 Å². The average Bonchev–Trinajstić information content (AvgIpc) is 2.94. The van der Waals surface area contributed by atoms with E-state index < -0.39 is 5.60 Å².